The first-order chi connectivity index (χ1) is 10.2. The smallest absolute Gasteiger partial charge is 0.407 e. The van der Waals surface area contributed by atoms with E-state index in [2.05, 4.69) is 28.5 Å². The molecule has 1 fully saturated rings. The van der Waals surface area contributed by atoms with E-state index in [1.54, 1.807) is 0 Å². The molecule has 6 nitrogen and oxygen atoms in total. The van der Waals surface area contributed by atoms with E-state index in [1.807, 2.05) is 13.0 Å². The van der Waals surface area contributed by atoms with Gasteiger partial charge < -0.3 is 20.3 Å². The molecule has 0 radical (unpaired) electrons. The van der Waals surface area contributed by atoms with Crippen molar-refractivity contribution in [2.24, 2.45) is 0 Å². The van der Waals surface area contributed by atoms with Crippen molar-refractivity contribution in [3.05, 3.63) is 23.4 Å². The molecule has 114 valence electrons. The Hall–Kier alpha value is -1.82. The Morgan fingerprint density at radius 1 is 1.52 bits per heavy atom. The zero-order valence-corrected chi connectivity index (χ0v) is 12.6. The van der Waals surface area contributed by atoms with Crippen molar-refractivity contribution in [2.75, 3.05) is 24.5 Å². The number of fused-ring (bicyclic) bond motifs is 3. The first kappa shape index (κ1) is 14.1. The minimum absolute atomic E-state index is 0.213. The maximum absolute atomic E-state index is 11.4. The van der Waals surface area contributed by atoms with E-state index >= 15 is 0 Å². The summed E-state index contributed by atoms with van der Waals surface area (Å²) in [5, 5.41) is 6.08. The maximum atomic E-state index is 11.4. The molecule has 2 atom stereocenters. The topological polar surface area (TPSA) is 66.5 Å². The normalized spacial score (nSPS) is 23.4. The van der Waals surface area contributed by atoms with Crippen molar-refractivity contribution in [1.82, 2.24) is 15.6 Å². The molecule has 0 aromatic carbocycles. The lowest BCUT2D eigenvalue weighted by Gasteiger charge is -2.37. The summed E-state index contributed by atoms with van der Waals surface area (Å²) in [7, 11) is 0. The number of carbonyl (C=O) groups is 1. The Kier molecular flexibility index (Phi) is 3.96. The lowest BCUT2D eigenvalue weighted by atomic mass is 10.1. The van der Waals surface area contributed by atoms with E-state index in [0.29, 0.717) is 18.6 Å². The lowest BCUT2D eigenvalue weighted by Crippen LogP contribution is -2.55. The number of anilines is 1. The molecule has 0 spiro atoms. The number of nitrogens with one attached hydrogen (secondary N) is 2. The maximum Gasteiger partial charge on any atom is 0.407 e. The van der Waals surface area contributed by atoms with Gasteiger partial charge in [0, 0.05) is 31.7 Å². The number of alkyl carbamates (subject to hydrolysis) is 1. The summed E-state index contributed by atoms with van der Waals surface area (Å²) >= 11 is 0. The van der Waals surface area contributed by atoms with Gasteiger partial charge in [0.25, 0.3) is 0 Å². The molecule has 1 saturated heterocycles. The molecule has 2 aliphatic heterocycles. The number of pyridine rings is 1. The zero-order chi connectivity index (χ0) is 14.8. The van der Waals surface area contributed by atoms with Gasteiger partial charge in [0.15, 0.2) is 0 Å². The molecule has 21 heavy (non-hydrogen) atoms. The lowest BCUT2D eigenvalue weighted by molar-refractivity contribution is 0.139. The Morgan fingerprint density at radius 3 is 3.19 bits per heavy atom. The Balaban J connectivity index is 1.73. The van der Waals surface area contributed by atoms with Crippen molar-refractivity contribution >= 4 is 11.9 Å². The second-order valence-electron chi connectivity index (χ2n) is 5.66. The second kappa shape index (κ2) is 5.89. The number of nitrogens with zero attached hydrogens (tertiary/aromatic N) is 2. The molecule has 1 aromatic rings. The number of amides is 1. The van der Waals surface area contributed by atoms with Gasteiger partial charge in [-0.3, -0.25) is 0 Å². The van der Waals surface area contributed by atoms with Gasteiger partial charge in [0.1, 0.15) is 12.4 Å². The number of ether oxygens (including phenoxy) is 1. The summed E-state index contributed by atoms with van der Waals surface area (Å²) in [5.74, 6) is 1.06. The van der Waals surface area contributed by atoms with Crippen molar-refractivity contribution in [1.29, 1.82) is 0 Å². The van der Waals surface area contributed by atoms with E-state index in [9.17, 15) is 4.79 Å². The van der Waals surface area contributed by atoms with Crippen LogP contribution in [-0.4, -0.2) is 42.8 Å². The minimum Gasteiger partial charge on any atom is -0.443 e. The number of aromatic nitrogens is 1. The molecule has 3 rings (SSSR count). The number of rotatable bonds is 3. The van der Waals surface area contributed by atoms with E-state index in [0.717, 1.165) is 31.0 Å². The molecular formula is C15H22N4O2. The molecule has 2 unspecified atom stereocenters. The third-order valence-electron chi connectivity index (χ3n) is 4.07. The van der Waals surface area contributed by atoms with Crippen LogP contribution in [0.25, 0.3) is 0 Å². The summed E-state index contributed by atoms with van der Waals surface area (Å²) in [4.78, 5) is 18.5. The van der Waals surface area contributed by atoms with Crippen LogP contribution in [0.4, 0.5) is 10.6 Å². The van der Waals surface area contributed by atoms with Gasteiger partial charge in [0.2, 0.25) is 0 Å². The van der Waals surface area contributed by atoms with Crippen molar-refractivity contribution in [3.8, 4) is 0 Å². The third-order valence-corrected chi connectivity index (χ3v) is 4.07. The van der Waals surface area contributed by atoms with Crippen molar-refractivity contribution in [2.45, 2.75) is 39.0 Å². The average Bonchev–Trinajstić information content (AvgIpc) is 2.84. The summed E-state index contributed by atoms with van der Waals surface area (Å²) in [6.07, 6.45) is 0.644. The molecule has 6 heteroatoms. The first-order valence-corrected chi connectivity index (χ1v) is 7.57. The Bertz CT molecular complexity index is 534. The van der Waals surface area contributed by atoms with Gasteiger partial charge in [-0.15, -0.1) is 0 Å². The highest BCUT2D eigenvalue weighted by Gasteiger charge is 2.36. The Labute approximate surface area is 124 Å². The molecule has 1 amide bonds. The quantitative estimate of drug-likeness (QED) is 0.871. The molecule has 0 aliphatic carbocycles. The fourth-order valence-corrected chi connectivity index (χ4v) is 3.14. The van der Waals surface area contributed by atoms with Gasteiger partial charge in [-0.1, -0.05) is 6.07 Å². The second-order valence-corrected chi connectivity index (χ2v) is 5.66. The average molecular weight is 290 g/mol. The molecule has 1 aromatic heterocycles. The van der Waals surface area contributed by atoms with Gasteiger partial charge in [-0.25, -0.2) is 9.78 Å². The summed E-state index contributed by atoms with van der Waals surface area (Å²) in [5.41, 5.74) is 2.09. The highest BCUT2D eigenvalue weighted by molar-refractivity contribution is 5.67. The number of hydrogen-bond acceptors (Lipinski definition) is 5. The minimum atomic E-state index is -0.395. The largest absolute Gasteiger partial charge is 0.443 e. The molecular weight excluding hydrogens is 268 g/mol. The predicted octanol–water partition coefficient (Wildman–Crippen LogP) is 1.05. The van der Waals surface area contributed by atoms with Crippen LogP contribution in [0.15, 0.2) is 12.1 Å². The van der Waals surface area contributed by atoms with Crippen LogP contribution < -0.4 is 15.5 Å². The van der Waals surface area contributed by atoms with Crippen LogP contribution in [0.5, 0.6) is 0 Å². The summed E-state index contributed by atoms with van der Waals surface area (Å²) in [6, 6.07) is 5.01. The molecule has 0 bridgehead atoms. The van der Waals surface area contributed by atoms with Gasteiger partial charge in [0.05, 0.1) is 5.69 Å². The van der Waals surface area contributed by atoms with Crippen LogP contribution in [-0.2, 0) is 17.8 Å². The fourth-order valence-electron chi connectivity index (χ4n) is 3.14. The van der Waals surface area contributed by atoms with Gasteiger partial charge in [-0.2, -0.15) is 0 Å². The molecule has 0 saturated carbocycles. The summed E-state index contributed by atoms with van der Waals surface area (Å²) < 4.78 is 5.15. The highest BCUT2D eigenvalue weighted by atomic mass is 16.5. The van der Waals surface area contributed by atoms with Gasteiger partial charge in [-0.05, 0) is 31.9 Å². The van der Waals surface area contributed by atoms with Gasteiger partial charge >= 0.3 is 6.09 Å². The van der Waals surface area contributed by atoms with E-state index in [4.69, 9.17) is 9.72 Å². The van der Waals surface area contributed by atoms with Crippen LogP contribution in [0.3, 0.4) is 0 Å². The zero-order valence-electron chi connectivity index (χ0n) is 12.6. The number of hydrogen-bond donors (Lipinski definition) is 2. The van der Waals surface area contributed by atoms with Crippen LogP contribution >= 0.6 is 0 Å². The SMILES string of the molecule is CCNC(=O)OCc1ccc2c(n1)N1C(C)CNCC1C2. The van der Waals surface area contributed by atoms with Crippen LogP contribution in [0, 0.1) is 0 Å². The predicted molar refractivity (Wildman–Crippen MR) is 80.4 cm³/mol. The molecule has 2 aliphatic rings. The van der Waals surface area contributed by atoms with Crippen molar-refractivity contribution < 1.29 is 9.53 Å². The number of carbonyl (C=O) groups excluding carboxylic acids is 1. The van der Waals surface area contributed by atoms with E-state index < -0.39 is 6.09 Å². The standard InChI is InChI=1S/C15H22N4O2/c1-3-17-15(20)21-9-12-5-4-11-6-13-8-16-7-10(2)19(13)14(11)18-12/h4-5,10,13,16H,3,6-9H2,1-2H3,(H,17,20). The summed E-state index contributed by atoms with van der Waals surface area (Å²) in [6.45, 7) is 6.85. The first-order valence-electron chi connectivity index (χ1n) is 7.57. The highest BCUT2D eigenvalue weighted by Crippen LogP contribution is 2.33. The van der Waals surface area contributed by atoms with Crippen LogP contribution in [0.1, 0.15) is 25.1 Å². The monoisotopic (exact) mass is 290 g/mol. The van der Waals surface area contributed by atoms with E-state index in [1.165, 1.54) is 5.56 Å². The third kappa shape index (κ3) is 2.81. The van der Waals surface area contributed by atoms with Crippen molar-refractivity contribution in [3.63, 3.8) is 0 Å². The molecule has 3 heterocycles. The van der Waals surface area contributed by atoms with E-state index in [-0.39, 0.29) is 6.61 Å². The number of piperazine rings is 1. The fraction of sp³-hybridized carbons (Fsp3) is 0.600. The molecule has 2 N–H and O–H groups in total. The van der Waals surface area contributed by atoms with Crippen LogP contribution in [0.2, 0.25) is 0 Å². The Morgan fingerprint density at radius 2 is 2.38 bits per heavy atom.